The third-order valence-electron chi connectivity index (χ3n) is 3.33. The molecule has 2 aromatic carbocycles. The summed E-state index contributed by atoms with van der Waals surface area (Å²) in [4.78, 5) is 7.76. The minimum absolute atomic E-state index is 0.278. The average Bonchev–Trinajstić information content (AvgIpc) is 2.77. The molecule has 0 aliphatic carbocycles. The van der Waals surface area contributed by atoms with Gasteiger partial charge in [-0.3, -0.25) is 0 Å². The van der Waals surface area contributed by atoms with Crippen molar-refractivity contribution in [3.05, 3.63) is 53.3 Å². The minimum atomic E-state index is -0.278. The second-order valence-corrected chi connectivity index (χ2v) is 4.86. The maximum absolute atomic E-state index is 13.3. The highest BCUT2D eigenvalue weighted by Crippen LogP contribution is 2.33. The van der Waals surface area contributed by atoms with E-state index in [9.17, 15) is 4.39 Å². The summed E-state index contributed by atoms with van der Waals surface area (Å²) in [6, 6.07) is 12.3. The van der Waals surface area contributed by atoms with Crippen molar-refractivity contribution in [2.24, 2.45) is 0 Å². The van der Waals surface area contributed by atoms with Crippen LogP contribution in [0, 0.1) is 5.82 Å². The van der Waals surface area contributed by atoms with Crippen molar-refractivity contribution in [2.75, 3.05) is 0 Å². The first kappa shape index (κ1) is 10.8. The van der Waals surface area contributed by atoms with Crippen molar-refractivity contribution in [3.8, 4) is 0 Å². The number of nitrogens with one attached hydrogen (secondary N) is 1. The highest BCUT2D eigenvalue weighted by molar-refractivity contribution is 6.40. The molecule has 1 N–H and O–H groups in total. The van der Waals surface area contributed by atoms with Crippen LogP contribution in [0.25, 0.3) is 32.8 Å². The van der Waals surface area contributed by atoms with E-state index in [4.69, 9.17) is 11.6 Å². The molecule has 0 amide bonds. The van der Waals surface area contributed by atoms with E-state index in [1.165, 1.54) is 12.1 Å². The van der Waals surface area contributed by atoms with Gasteiger partial charge < -0.3 is 4.98 Å². The molecule has 0 atom stereocenters. The van der Waals surface area contributed by atoms with Crippen molar-refractivity contribution in [1.82, 2.24) is 9.97 Å². The topological polar surface area (TPSA) is 28.7 Å². The number of aromatic amines is 1. The Bertz CT molecular complexity index is 943. The number of H-pyrrole nitrogens is 1. The van der Waals surface area contributed by atoms with Crippen LogP contribution >= 0.6 is 11.6 Å². The third-order valence-corrected chi connectivity index (χ3v) is 3.72. The van der Waals surface area contributed by atoms with E-state index in [0.29, 0.717) is 10.5 Å². The fraction of sp³-hybridized carbons (Fsp3) is 0. The van der Waals surface area contributed by atoms with Crippen LogP contribution in [0.2, 0.25) is 5.02 Å². The Morgan fingerprint density at radius 2 is 1.89 bits per heavy atom. The molecule has 2 nitrogen and oxygen atoms in total. The largest absolute Gasteiger partial charge is 0.352 e. The lowest BCUT2D eigenvalue weighted by Crippen LogP contribution is -1.82. The first-order valence-electron chi connectivity index (χ1n) is 5.89. The maximum atomic E-state index is 13.3. The lowest BCUT2D eigenvalue weighted by Gasteiger charge is -2.01. The van der Waals surface area contributed by atoms with Crippen LogP contribution in [0.4, 0.5) is 4.39 Å². The predicted octanol–water partition coefficient (Wildman–Crippen LogP) is 4.66. The molecule has 0 saturated carbocycles. The number of benzene rings is 2. The number of rotatable bonds is 0. The fourth-order valence-electron chi connectivity index (χ4n) is 2.44. The summed E-state index contributed by atoms with van der Waals surface area (Å²) in [5.41, 5.74) is 3.07. The van der Waals surface area contributed by atoms with Gasteiger partial charge in [-0.25, -0.2) is 9.37 Å². The summed E-state index contributed by atoms with van der Waals surface area (Å²) in [5.74, 6) is -0.278. The highest BCUT2D eigenvalue weighted by Gasteiger charge is 2.12. The van der Waals surface area contributed by atoms with E-state index in [0.717, 1.165) is 27.3 Å². The molecule has 4 rings (SSSR count). The van der Waals surface area contributed by atoms with Crippen molar-refractivity contribution < 1.29 is 4.39 Å². The van der Waals surface area contributed by atoms with Crippen LogP contribution in [0.1, 0.15) is 0 Å². The van der Waals surface area contributed by atoms with Gasteiger partial charge in [0.25, 0.3) is 0 Å². The molecule has 4 aromatic rings. The van der Waals surface area contributed by atoms with E-state index in [-0.39, 0.29) is 5.82 Å². The van der Waals surface area contributed by atoms with Gasteiger partial charge in [0.2, 0.25) is 0 Å². The summed E-state index contributed by atoms with van der Waals surface area (Å²) >= 11 is 6.42. The molecule has 0 aliphatic rings. The lowest BCUT2D eigenvalue weighted by atomic mass is 10.2. The molecule has 0 bridgehead atoms. The molecule has 0 spiro atoms. The number of hydrogen-bond donors (Lipinski definition) is 1. The van der Waals surface area contributed by atoms with Gasteiger partial charge in [0.1, 0.15) is 5.82 Å². The van der Waals surface area contributed by atoms with Crippen LogP contribution < -0.4 is 0 Å². The second kappa shape index (κ2) is 3.68. The molecule has 2 aromatic heterocycles. The van der Waals surface area contributed by atoms with Gasteiger partial charge >= 0.3 is 0 Å². The Morgan fingerprint density at radius 1 is 1.05 bits per heavy atom. The first-order chi connectivity index (χ1) is 9.24. The summed E-state index contributed by atoms with van der Waals surface area (Å²) < 4.78 is 13.3. The molecule has 92 valence electrons. The van der Waals surface area contributed by atoms with Crippen LogP contribution in [0.15, 0.2) is 42.5 Å². The zero-order valence-corrected chi connectivity index (χ0v) is 10.5. The van der Waals surface area contributed by atoms with Crippen molar-refractivity contribution in [3.63, 3.8) is 0 Å². The van der Waals surface area contributed by atoms with Gasteiger partial charge in [0, 0.05) is 10.8 Å². The Hall–Kier alpha value is -2.13. The van der Waals surface area contributed by atoms with Gasteiger partial charge in [-0.2, -0.15) is 0 Å². The molecular weight excluding hydrogens is 263 g/mol. The van der Waals surface area contributed by atoms with E-state index in [1.807, 2.05) is 24.3 Å². The van der Waals surface area contributed by atoms with E-state index >= 15 is 0 Å². The smallest absolute Gasteiger partial charge is 0.125 e. The Balaban J connectivity index is 2.29. The summed E-state index contributed by atoms with van der Waals surface area (Å²) in [6.45, 7) is 0. The molecule has 0 saturated heterocycles. The van der Waals surface area contributed by atoms with E-state index in [2.05, 4.69) is 9.97 Å². The number of nitrogens with zero attached hydrogens (tertiary/aromatic N) is 1. The minimum Gasteiger partial charge on any atom is -0.352 e. The summed E-state index contributed by atoms with van der Waals surface area (Å²) in [5, 5.41) is 2.39. The molecule has 0 aliphatic heterocycles. The molecule has 0 unspecified atom stereocenters. The quantitative estimate of drug-likeness (QED) is 0.494. The standard InChI is InChI=1S/C15H8ClFN2/c16-13-9-3-1-2-4-11(9)18-14-10-6-5-8(17)7-12(10)19-15(13)14/h1-7,19H. The lowest BCUT2D eigenvalue weighted by molar-refractivity contribution is 0.629. The van der Waals surface area contributed by atoms with Crippen LogP contribution in [-0.2, 0) is 0 Å². The highest BCUT2D eigenvalue weighted by atomic mass is 35.5. The molecule has 19 heavy (non-hydrogen) atoms. The zero-order valence-electron chi connectivity index (χ0n) is 9.74. The van der Waals surface area contributed by atoms with E-state index < -0.39 is 0 Å². The average molecular weight is 271 g/mol. The molecule has 0 radical (unpaired) electrons. The van der Waals surface area contributed by atoms with Gasteiger partial charge in [0.15, 0.2) is 0 Å². The summed E-state index contributed by atoms with van der Waals surface area (Å²) in [7, 11) is 0. The number of para-hydroxylation sites is 1. The van der Waals surface area contributed by atoms with Crippen molar-refractivity contribution >= 4 is 44.4 Å². The predicted molar refractivity (Wildman–Crippen MR) is 76.1 cm³/mol. The first-order valence-corrected chi connectivity index (χ1v) is 6.27. The van der Waals surface area contributed by atoms with E-state index in [1.54, 1.807) is 6.07 Å². The van der Waals surface area contributed by atoms with Crippen molar-refractivity contribution in [1.29, 1.82) is 0 Å². The third kappa shape index (κ3) is 1.45. The van der Waals surface area contributed by atoms with Crippen LogP contribution in [0.5, 0.6) is 0 Å². The number of pyridine rings is 1. The van der Waals surface area contributed by atoms with Gasteiger partial charge in [-0.05, 0) is 24.3 Å². The van der Waals surface area contributed by atoms with Gasteiger partial charge in [-0.15, -0.1) is 0 Å². The van der Waals surface area contributed by atoms with Gasteiger partial charge in [0.05, 0.1) is 27.1 Å². The SMILES string of the molecule is Fc1ccc2c(c1)[nH]c1c(Cl)c3ccccc3nc12. The van der Waals surface area contributed by atoms with Crippen LogP contribution in [0.3, 0.4) is 0 Å². The number of hydrogen-bond acceptors (Lipinski definition) is 1. The second-order valence-electron chi connectivity index (χ2n) is 4.48. The fourth-order valence-corrected chi connectivity index (χ4v) is 2.74. The molecule has 4 heteroatoms. The van der Waals surface area contributed by atoms with Crippen LogP contribution in [-0.4, -0.2) is 9.97 Å². The zero-order chi connectivity index (χ0) is 13.0. The molecular formula is C15H8ClFN2. The summed E-state index contributed by atoms with van der Waals surface area (Å²) in [6.07, 6.45) is 0. The molecule has 2 heterocycles. The monoisotopic (exact) mass is 270 g/mol. The number of fused-ring (bicyclic) bond motifs is 4. The maximum Gasteiger partial charge on any atom is 0.125 e. The van der Waals surface area contributed by atoms with Gasteiger partial charge in [-0.1, -0.05) is 29.8 Å². The normalized spacial score (nSPS) is 11.7. The Labute approximate surface area is 112 Å². The Morgan fingerprint density at radius 3 is 2.79 bits per heavy atom. The molecule has 0 fully saturated rings. The number of aromatic nitrogens is 2. The Kier molecular flexibility index (Phi) is 2.09. The number of halogens is 2. The van der Waals surface area contributed by atoms with Crippen molar-refractivity contribution in [2.45, 2.75) is 0 Å².